The van der Waals surface area contributed by atoms with Crippen LogP contribution < -0.4 is 0 Å². The predicted octanol–water partition coefficient (Wildman–Crippen LogP) is 2.26. The lowest BCUT2D eigenvalue weighted by Gasteiger charge is -2.46. The summed E-state index contributed by atoms with van der Waals surface area (Å²) in [6.45, 7) is 5.41. The third-order valence-corrected chi connectivity index (χ3v) is 13.1. The van der Waals surface area contributed by atoms with Crippen LogP contribution in [0, 0.1) is 5.92 Å². The number of unbranched alkanes of at least 4 members (excludes halogenated alkanes) is 12. The lowest BCUT2D eigenvalue weighted by atomic mass is 9.98. The number of carbonyl (C=O) groups is 3. The lowest BCUT2D eigenvalue weighted by Crippen LogP contribution is -2.65. The van der Waals surface area contributed by atoms with Gasteiger partial charge in [-0.05, 0) is 44.4 Å². The van der Waals surface area contributed by atoms with Crippen molar-refractivity contribution in [2.75, 3.05) is 19.8 Å². The Morgan fingerprint density at radius 3 is 1.60 bits per heavy atom. The minimum absolute atomic E-state index is 0.0403. The van der Waals surface area contributed by atoms with Crippen LogP contribution in [0.1, 0.15) is 163 Å². The molecule has 0 aromatic heterocycles. The van der Waals surface area contributed by atoms with Gasteiger partial charge in [-0.3, -0.25) is 9.59 Å². The van der Waals surface area contributed by atoms with E-state index in [4.69, 9.17) is 43.0 Å². The summed E-state index contributed by atoms with van der Waals surface area (Å²) in [6, 6.07) is 0. The summed E-state index contributed by atoms with van der Waals surface area (Å²) < 4.78 is 46.5. The highest BCUT2D eigenvalue weighted by molar-refractivity contribution is 5.71. The SMILES string of the molecule is CCCCC(CCCC(O)C(O)CCCCCCCCCCCCCCC(O)C(=O)O)OC1OCC(O)C(O)C1OC1OCC(O)C(O)C1OC1OC(COC(=O)CC(C)C)C(OC(C)=O)C(O)C1O. The van der Waals surface area contributed by atoms with Crippen molar-refractivity contribution in [3.63, 3.8) is 0 Å². The third-order valence-electron chi connectivity index (χ3n) is 13.1. The van der Waals surface area contributed by atoms with Gasteiger partial charge in [0.2, 0.25) is 0 Å². The number of carboxylic acids is 1. The summed E-state index contributed by atoms with van der Waals surface area (Å²) >= 11 is 0. The molecule has 10 N–H and O–H groups in total. The van der Waals surface area contributed by atoms with Crippen LogP contribution in [-0.4, -0.2) is 193 Å². The summed E-state index contributed by atoms with van der Waals surface area (Å²) in [4.78, 5) is 35.0. The Balaban J connectivity index is 1.52. The molecular weight excluding hydrogens is 925 g/mol. The number of aliphatic hydroxyl groups is 9. The average Bonchev–Trinajstić information content (AvgIpc) is 3.31. The van der Waals surface area contributed by atoms with Crippen LogP contribution in [0.3, 0.4) is 0 Å². The Morgan fingerprint density at radius 1 is 0.586 bits per heavy atom. The van der Waals surface area contributed by atoms with Crippen LogP contribution in [0.2, 0.25) is 0 Å². The van der Waals surface area contributed by atoms with Gasteiger partial charge < -0.3 is 89.0 Å². The fraction of sp³-hybridized carbons (Fsp3) is 0.939. The predicted molar refractivity (Wildman–Crippen MR) is 248 cm³/mol. The molecule has 3 heterocycles. The van der Waals surface area contributed by atoms with Crippen molar-refractivity contribution < 1.29 is 103 Å². The number of aliphatic hydroxyl groups excluding tert-OH is 9. The first kappa shape index (κ1) is 62.1. The summed E-state index contributed by atoms with van der Waals surface area (Å²) in [7, 11) is 0. The maximum atomic E-state index is 12.4. The monoisotopic (exact) mass is 1010 g/mol. The zero-order valence-corrected chi connectivity index (χ0v) is 41.8. The van der Waals surface area contributed by atoms with Crippen LogP contribution in [0.15, 0.2) is 0 Å². The number of hydrogen-bond acceptors (Lipinski definition) is 20. The van der Waals surface area contributed by atoms with Gasteiger partial charge in [-0.2, -0.15) is 0 Å². The minimum atomic E-state index is -1.91. The Hall–Kier alpha value is -2.19. The summed E-state index contributed by atoms with van der Waals surface area (Å²) in [5.74, 6) is -2.62. The third kappa shape index (κ3) is 22.1. The Labute approximate surface area is 413 Å². The first-order chi connectivity index (χ1) is 33.3. The highest BCUT2D eigenvalue weighted by atomic mass is 16.8. The quantitative estimate of drug-likeness (QED) is 0.0321. The van der Waals surface area contributed by atoms with Crippen molar-refractivity contribution in [2.45, 2.75) is 267 Å². The molecule has 3 aliphatic heterocycles. The fourth-order valence-corrected chi connectivity index (χ4v) is 8.85. The van der Waals surface area contributed by atoms with E-state index in [2.05, 4.69) is 0 Å². The van der Waals surface area contributed by atoms with Gasteiger partial charge in [-0.15, -0.1) is 0 Å². The molecule has 0 bridgehead atoms. The van der Waals surface area contributed by atoms with E-state index >= 15 is 0 Å². The second-order valence-corrected chi connectivity index (χ2v) is 19.7. The molecule has 0 amide bonds. The van der Waals surface area contributed by atoms with Crippen LogP contribution in [-0.2, 0) is 52.3 Å². The first-order valence-corrected chi connectivity index (χ1v) is 25.9. The number of aliphatic carboxylic acids is 1. The zero-order valence-electron chi connectivity index (χ0n) is 41.8. The van der Waals surface area contributed by atoms with Crippen molar-refractivity contribution in [1.82, 2.24) is 0 Å². The first-order valence-electron chi connectivity index (χ1n) is 25.9. The van der Waals surface area contributed by atoms with Crippen LogP contribution >= 0.6 is 0 Å². The molecule has 17 atom stereocenters. The molecule has 70 heavy (non-hydrogen) atoms. The van der Waals surface area contributed by atoms with Gasteiger partial charge in [0.1, 0.15) is 61.5 Å². The Bertz CT molecular complexity index is 1440. The smallest absolute Gasteiger partial charge is 0.332 e. The van der Waals surface area contributed by atoms with Gasteiger partial charge in [0, 0.05) is 13.3 Å². The topological polar surface area (TPSA) is 327 Å². The number of carboxylic acid groups (broad SMARTS) is 1. The van der Waals surface area contributed by atoms with E-state index in [9.17, 15) is 60.3 Å². The number of rotatable bonds is 35. The molecular formula is C49H88O21. The normalized spacial score (nSPS) is 31.2. The lowest BCUT2D eigenvalue weighted by molar-refractivity contribution is -0.380. The molecule has 0 saturated carbocycles. The molecule has 21 nitrogen and oxygen atoms in total. The van der Waals surface area contributed by atoms with Crippen molar-refractivity contribution in [3.05, 3.63) is 0 Å². The highest BCUT2D eigenvalue weighted by Gasteiger charge is 2.52. The van der Waals surface area contributed by atoms with E-state index in [1.54, 1.807) is 13.8 Å². The zero-order chi connectivity index (χ0) is 51.8. The standard InChI is InChI=1S/C49H88O21/c1-5-6-20-31(21-19-24-33(52)32(51)22-17-15-13-11-9-7-8-10-12-14-16-18-23-34(53)46(61)62)67-48-44(39(57)35(54)26-64-48)70-49-45(40(58)36(55)27-65-49)69-47-42(60)41(59)43(66-30(4)50)37(68-47)28-63-38(56)25-29(2)3/h29,31-37,39-45,47-49,51-55,57-60H,5-28H2,1-4H3,(H,61,62). The van der Waals surface area contributed by atoms with Crippen molar-refractivity contribution in [3.8, 4) is 0 Å². The van der Waals surface area contributed by atoms with Crippen molar-refractivity contribution in [2.24, 2.45) is 5.92 Å². The Morgan fingerprint density at radius 2 is 1.07 bits per heavy atom. The van der Waals surface area contributed by atoms with E-state index in [1.807, 2.05) is 6.92 Å². The second-order valence-electron chi connectivity index (χ2n) is 19.7. The molecule has 0 spiro atoms. The molecule has 0 aliphatic carbocycles. The van der Waals surface area contributed by atoms with Gasteiger partial charge in [-0.1, -0.05) is 111 Å². The van der Waals surface area contributed by atoms with Gasteiger partial charge in [0.25, 0.3) is 0 Å². The van der Waals surface area contributed by atoms with E-state index < -0.39 is 135 Å². The molecule has 0 aromatic carbocycles. The number of carbonyl (C=O) groups excluding carboxylic acids is 2. The molecule has 21 heteroatoms. The van der Waals surface area contributed by atoms with Crippen molar-refractivity contribution in [1.29, 1.82) is 0 Å². The molecule has 410 valence electrons. The fourth-order valence-electron chi connectivity index (χ4n) is 8.85. The maximum absolute atomic E-state index is 12.4. The maximum Gasteiger partial charge on any atom is 0.332 e. The van der Waals surface area contributed by atoms with E-state index in [-0.39, 0.29) is 18.9 Å². The molecule has 17 unspecified atom stereocenters. The minimum Gasteiger partial charge on any atom is -0.479 e. The molecule has 0 aromatic rings. The van der Waals surface area contributed by atoms with Gasteiger partial charge in [0.05, 0.1) is 31.5 Å². The number of esters is 2. The van der Waals surface area contributed by atoms with Gasteiger partial charge >= 0.3 is 17.9 Å². The van der Waals surface area contributed by atoms with E-state index in [1.165, 1.54) is 0 Å². The molecule has 3 aliphatic rings. The van der Waals surface area contributed by atoms with Crippen LogP contribution in [0.25, 0.3) is 0 Å². The molecule has 0 radical (unpaired) electrons. The summed E-state index contributed by atoms with van der Waals surface area (Å²) in [5.41, 5.74) is 0. The summed E-state index contributed by atoms with van der Waals surface area (Å²) in [6.07, 6.45) is -7.77. The largest absolute Gasteiger partial charge is 0.479 e. The van der Waals surface area contributed by atoms with Gasteiger partial charge in [-0.25, -0.2) is 4.79 Å². The Kier molecular flexibility index (Phi) is 29.8. The highest BCUT2D eigenvalue weighted by Crippen LogP contribution is 2.33. The van der Waals surface area contributed by atoms with Gasteiger partial charge in [0.15, 0.2) is 31.1 Å². The molecule has 3 saturated heterocycles. The molecule has 3 rings (SSSR count). The van der Waals surface area contributed by atoms with Crippen molar-refractivity contribution >= 4 is 17.9 Å². The van der Waals surface area contributed by atoms with E-state index in [0.29, 0.717) is 38.5 Å². The van der Waals surface area contributed by atoms with Crippen LogP contribution in [0.4, 0.5) is 0 Å². The van der Waals surface area contributed by atoms with Crippen LogP contribution in [0.5, 0.6) is 0 Å². The molecule has 3 fully saturated rings. The average molecular weight is 1010 g/mol. The summed E-state index contributed by atoms with van der Waals surface area (Å²) in [5, 5.41) is 106. The second kappa shape index (κ2) is 33.6. The number of ether oxygens (including phenoxy) is 8. The number of hydrogen-bond donors (Lipinski definition) is 10. The van der Waals surface area contributed by atoms with E-state index in [0.717, 1.165) is 96.8 Å².